The summed E-state index contributed by atoms with van der Waals surface area (Å²) in [6, 6.07) is 10.0. The zero-order valence-electron chi connectivity index (χ0n) is 11.6. The quantitative estimate of drug-likeness (QED) is 0.520. The van der Waals surface area contributed by atoms with Crippen LogP contribution in [-0.2, 0) is 14.3 Å². The molecule has 0 saturated carbocycles. The number of benzene rings is 1. The lowest BCUT2D eigenvalue weighted by Crippen LogP contribution is -1.91. The lowest BCUT2D eigenvalue weighted by Gasteiger charge is -1.85. The van der Waals surface area contributed by atoms with Gasteiger partial charge in [-0.1, -0.05) is 55.6 Å². The molecule has 1 rings (SSSR count). The molecule has 0 aliphatic heterocycles. The molecular weight excluding hydrogens is 256 g/mol. The standard InChI is InChI=1S/C8H8.2C4H6O2/c1-2-8-6-4-3-5-7-8;1-3-4(5)6-2;1-2-3-4(5)6/h2-7H,1H2;3H,1H2,2H3;2H,1,3H2,(H,5,6). The molecule has 20 heavy (non-hydrogen) atoms. The molecule has 0 aliphatic carbocycles. The van der Waals surface area contributed by atoms with Gasteiger partial charge in [-0.05, 0) is 5.56 Å². The summed E-state index contributed by atoms with van der Waals surface area (Å²) < 4.78 is 4.14. The summed E-state index contributed by atoms with van der Waals surface area (Å²) >= 11 is 0. The molecule has 1 aromatic rings. The normalized spacial score (nSPS) is 7.65. The highest BCUT2D eigenvalue weighted by atomic mass is 16.5. The van der Waals surface area contributed by atoms with E-state index in [9.17, 15) is 9.59 Å². The fourth-order valence-electron chi connectivity index (χ4n) is 0.796. The molecule has 0 unspecified atom stereocenters. The predicted octanol–water partition coefficient (Wildman–Crippen LogP) is 3.32. The van der Waals surface area contributed by atoms with Crippen molar-refractivity contribution in [1.29, 1.82) is 0 Å². The third kappa shape index (κ3) is 15.4. The number of hydrogen-bond donors (Lipinski definition) is 1. The van der Waals surface area contributed by atoms with E-state index in [4.69, 9.17) is 5.11 Å². The van der Waals surface area contributed by atoms with E-state index in [0.717, 1.165) is 6.08 Å². The van der Waals surface area contributed by atoms with Gasteiger partial charge in [0.15, 0.2) is 0 Å². The van der Waals surface area contributed by atoms with Crippen molar-refractivity contribution in [3.8, 4) is 0 Å². The van der Waals surface area contributed by atoms with Crippen LogP contribution in [0.25, 0.3) is 6.08 Å². The summed E-state index contributed by atoms with van der Waals surface area (Å²) in [5, 5.41) is 7.84. The van der Waals surface area contributed by atoms with Crippen LogP contribution >= 0.6 is 0 Å². The molecule has 4 heteroatoms. The van der Waals surface area contributed by atoms with Crippen molar-refractivity contribution < 1.29 is 19.4 Å². The van der Waals surface area contributed by atoms with Gasteiger partial charge in [0, 0.05) is 6.08 Å². The summed E-state index contributed by atoms with van der Waals surface area (Å²) in [4.78, 5) is 19.4. The van der Waals surface area contributed by atoms with Crippen molar-refractivity contribution in [3.63, 3.8) is 0 Å². The van der Waals surface area contributed by atoms with Crippen LogP contribution in [0.15, 0.2) is 62.2 Å². The Morgan fingerprint density at radius 3 is 1.90 bits per heavy atom. The summed E-state index contributed by atoms with van der Waals surface area (Å²) in [7, 11) is 1.31. The highest BCUT2D eigenvalue weighted by Crippen LogP contribution is 1.97. The first-order valence-corrected chi connectivity index (χ1v) is 5.72. The molecule has 0 aliphatic rings. The van der Waals surface area contributed by atoms with Crippen molar-refractivity contribution in [2.24, 2.45) is 0 Å². The first kappa shape index (κ1) is 19.7. The Morgan fingerprint density at radius 1 is 1.20 bits per heavy atom. The van der Waals surface area contributed by atoms with Gasteiger partial charge in [0.05, 0.1) is 13.5 Å². The lowest BCUT2D eigenvalue weighted by atomic mass is 10.2. The maximum absolute atomic E-state index is 9.84. The van der Waals surface area contributed by atoms with E-state index in [-0.39, 0.29) is 6.42 Å². The first-order valence-electron chi connectivity index (χ1n) is 5.72. The van der Waals surface area contributed by atoms with E-state index >= 15 is 0 Å². The third-order valence-electron chi connectivity index (χ3n) is 1.72. The molecule has 0 amide bonds. The Kier molecular flexibility index (Phi) is 14.2. The molecule has 1 aromatic carbocycles. The van der Waals surface area contributed by atoms with E-state index in [2.05, 4.69) is 24.5 Å². The second-order valence-electron chi connectivity index (χ2n) is 3.23. The van der Waals surface area contributed by atoms with Crippen LogP contribution in [0.3, 0.4) is 0 Å². The van der Waals surface area contributed by atoms with Gasteiger partial charge in [0.25, 0.3) is 0 Å². The minimum atomic E-state index is -0.829. The van der Waals surface area contributed by atoms with E-state index in [1.807, 2.05) is 36.4 Å². The molecular formula is C16H20O4. The van der Waals surface area contributed by atoms with Crippen molar-refractivity contribution in [2.45, 2.75) is 6.42 Å². The lowest BCUT2D eigenvalue weighted by molar-refractivity contribution is -0.136. The molecule has 0 saturated heterocycles. The van der Waals surface area contributed by atoms with Gasteiger partial charge >= 0.3 is 11.9 Å². The number of carbonyl (C=O) groups excluding carboxylic acids is 1. The number of carboxylic acid groups (broad SMARTS) is 1. The second kappa shape index (κ2) is 14.4. The zero-order chi connectivity index (χ0) is 15.8. The average molecular weight is 276 g/mol. The van der Waals surface area contributed by atoms with Gasteiger partial charge in [-0.25, -0.2) is 4.79 Å². The molecule has 0 heterocycles. The molecule has 4 nitrogen and oxygen atoms in total. The Bertz CT molecular complexity index is 421. The fraction of sp³-hybridized carbons (Fsp3) is 0.125. The largest absolute Gasteiger partial charge is 0.481 e. The number of hydrogen-bond acceptors (Lipinski definition) is 3. The monoisotopic (exact) mass is 276 g/mol. The van der Waals surface area contributed by atoms with E-state index in [1.165, 1.54) is 18.7 Å². The van der Waals surface area contributed by atoms with Crippen molar-refractivity contribution in [2.75, 3.05) is 7.11 Å². The molecule has 0 fully saturated rings. The van der Waals surface area contributed by atoms with Crippen LogP contribution in [-0.4, -0.2) is 24.2 Å². The van der Waals surface area contributed by atoms with Crippen molar-refractivity contribution in [1.82, 2.24) is 0 Å². The zero-order valence-corrected chi connectivity index (χ0v) is 11.6. The minimum Gasteiger partial charge on any atom is -0.481 e. The second-order valence-corrected chi connectivity index (χ2v) is 3.23. The van der Waals surface area contributed by atoms with Crippen LogP contribution < -0.4 is 0 Å². The third-order valence-corrected chi connectivity index (χ3v) is 1.72. The van der Waals surface area contributed by atoms with E-state index < -0.39 is 11.9 Å². The Hall–Kier alpha value is -2.62. The summed E-state index contributed by atoms with van der Waals surface area (Å²) in [5.74, 6) is -1.22. The van der Waals surface area contributed by atoms with Gasteiger partial charge < -0.3 is 9.84 Å². The van der Waals surface area contributed by atoms with Crippen molar-refractivity contribution in [3.05, 3.63) is 67.8 Å². The fourth-order valence-corrected chi connectivity index (χ4v) is 0.796. The molecule has 0 atom stereocenters. The number of ether oxygens (including phenoxy) is 1. The number of rotatable bonds is 4. The summed E-state index contributed by atoms with van der Waals surface area (Å²) in [5.41, 5.74) is 1.17. The maximum Gasteiger partial charge on any atom is 0.329 e. The number of aliphatic carboxylic acids is 1. The first-order chi connectivity index (χ1) is 9.51. The number of esters is 1. The van der Waals surface area contributed by atoms with E-state index in [1.54, 1.807) is 0 Å². The Morgan fingerprint density at radius 2 is 1.75 bits per heavy atom. The van der Waals surface area contributed by atoms with Crippen LogP contribution in [0.1, 0.15) is 12.0 Å². The highest BCUT2D eigenvalue weighted by molar-refractivity contribution is 5.80. The minimum absolute atomic E-state index is 0.0556. The Labute approximate surface area is 119 Å². The highest BCUT2D eigenvalue weighted by Gasteiger charge is 1.84. The van der Waals surface area contributed by atoms with Crippen molar-refractivity contribution >= 4 is 18.0 Å². The number of carboxylic acids is 1. The Balaban J connectivity index is 0. The SMILES string of the molecule is C=CC(=O)OC.C=CCC(=O)O.C=Cc1ccccc1. The molecule has 0 bridgehead atoms. The van der Waals surface area contributed by atoms with Crippen LogP contribution in [0.4, 0.5) is 0 Å². The van der Waals surface area contributed by atoms with Gasteiger partial charge in [0.1, 0.15) is 0 Å². The molecule has 0 spiro atoms. The van der Waals surface area contributed by atoms with E-state index in [0.29, 0.717) is 0 Å². The van der Waals surface area contributed by atoms with Crippen LogP contribution in [0.5, 0.6) is 0 Å². The van der Waals surface area contributed by atoms with Gasteiger partial charge in [-0.15, -0.1) is 6.58 Å². The van der Waals surface area contributed by atoms with Gasteiger partial charge in [-0.3, -0.25) is 4.79 Å². The number of carbonyl (C=O) groups is 2. The summed E-state index contributed by atoms with van der Waals surface area (Å²) in [6.07, 6.45) is 4.35. The molecule has 0 radical (unpaired) electrons. The van der Waals surface area contributed by atoms with Crippen LogP contribution in [0.2, 0.25) is 0 Å². The molecule has 0 aromatic heterocycles. The number of methoxy groups -OCH3 is 1. The van der Waals surface area contributed by atoms with Crippen LogP contribution in [0, 0.1) is 0 Å². The topological polar surface area (TPSA) is 63.6 Å². The predicted molar refractivity (Wildman–Crippen MR) is 81.2 cm³/mol. The van der Waals surface area contributed by atoms with Gasteiger partial charge in [0.2, 0.25) is 0 Å². The maximum atomic E-state index is 9.84. The average Bonchev–Trinajstić information content (AvgIpc) is 2.48. The smallest absolute Gasteiger partial charge is 0.329 e. The molecule has 1 N–H and O–H groups in total. The molecule has 108 valence electrons. The summed E-state index contributed by atoms with van der Waals surface area (Å²) in [6.45, 7) is 10.0. The van der Waals surface area contributed by atoms with Gasteiger partial charge in [-0.2, -0.15) is 0 Å².